The summed E-state index contributed by atoms with van der Waals surface area (Å²) in [6, 6.07) is 0. The summed E-state index contributed by atoms with van der Waals surface area (Å²) in [5, 5.41) is 12.5. The maximum Gasteiger partial charge on any atom is 0.191 e. The predicted octanol–water partition coefficient (Wildman–Crippen LogP) is 1.35. The molecule has 5 nitrogen and oxygen atoms in total. The van der Waals surface area contributed by atoms with E-state index in [4.69, 9.17) is 0 Å². The molecule has 0 aliphatic carbocycles. The van der Waals surface area contributed by atoms with Gasteiger partial charge in [0.25, 0.3) is 0 Å². The van der Waals surface area contributed by atoms with Crippen molar-refractivity contribution < 1.29 is 0 Å². The minimum absolute atomic E-state index is 0.789. The molecule has 3 aromatic rings. The fourth-order valence-corrected chi connectivity index (χ4v) is 2.50. The van der Waals surface area contributed by atoms with E-state index < -0.39 is 0 Å². The summed E-state index contributed by atoms with van der Waals surface area (Å²) < 4.78 is 1.60. The van der Waals surface area contributed by atoms with Gasteiger partial charge in [-0.25, -0.2) is 4.98 Å². The van der Waals surface area contributed by atoms with Gasteiger partial charge in [0, 0.05) is 4.88 Å². The lowest BCUT2D eigenvalue weighted by molar-refractivity contribution is 0.813. The second kappa shape index (κ2) is 2.48. The highest BCUT2D eigenvalue weighted by molar-refractivity contribution is 7.18. The summed E-state index contributed by atoms with van der Waals surface area (Å²) in [5.74, 6) is 0. The Morgan fingerprint density at radius 1 is 1.36 bits per heavy atom. The molecule has 0 amide bonds. The molecule has 3 rings (SSSR count). The highest BCUT2D eigenvalue weighted by Crippen LogP contribution is 2.29. The number of nitrogens with zero attached hydrogens (tertiary/aromatic N) is 5. The maximum atomic E-state index is 4.30. The molecular weight excluding hydrogens is 198 g/mol. The lowest BCUT2D eigenvalue weighted by Crippen LogP contribution is -1.89. The minimum Gasteiger partial charge on any atom is -0.225 e. The number of fused-ring (bicyclic) bond motifs is 3. The molecule has 6 heteroatoms. The smallest absolute Gasteiger partial charge is 0.191 e. The molecule has 0 aromatic carbocycles. The summed E-state index contributed by atoms with van der Waals surface area (Å²) in [4.78, 5) is 6.57. The van der Waals surface area contributed by atoms with Crippen LogP contribution in [0.3, 0.4) is 0 Å². The van der Waals surface area contributed by atoms with E-state index >= 15 is 0 Å². The van der Waals surface area contributed by atoms with Crippen molar-refractivity contribution in [2.75, 3.05) is 0 Å². The summed E-state index contributed by atoms with van der Waals surface area (Å²) in [6.45, 7) is 4.16. The zero-order chi connectivity index (χ0) is 9.71. The van der Waals surface area contributed by atoms with Crippen molar-refractivity contribution in [3.05, 3.63) is 16.8 Å². The molecule has 0 bridgehead atoms. The number of hydrogen-bond donors (Lipinski definition) is 0. The summed E-state index contributed by atoms with van der Waals surface area (Å²) >= 11 is 1.68. The Bertz CT molecular complexity index is 623. The molecular formula is C8H7N5S. The van der Waals surface area contributed by atoms with Crippen molar-refractivity contribution in [3.8, 4) is 0 Å². The van der Waals surface area contributed by atoms with Gasteiger partial charge in [-0.2, -0.15) is 4.52 Å². The van der Waals surface area contributed by atoms with Crippen molar-refractivity contribution in [2.24, 2.45) is 0 Å². The van der Waals surface area contributed by atoms with Crippen LogP contribution < -0.4 is 0 Å². The number of aryl methyl sites for hydroxylation is 2. The van der Waals surface area contributed by atoms with Gasteiger partial charge >= 0.3 is 0 Å². The average Bonchev–Trinajstić information content (AvgIpc) is 2.72. The van der Waals surface area contributed by atoms with Gasteiger partial charge in [-0.15, -0.1) is 16.4 Å². The third-order valence-electron chi connectivity index (χ3n) is 2.37. The number of hydrogen-bond acceptors (Lipinski definition) is 5. The first-order chi connectivity index (χ1) is 6.77. The predicted molar refractivity (Wildman–Crippen MR) is 53.4 cm³/mol. The molecule has 0 N–H and O–H groups in total. The number of rotatable bonds is 0. The van der Waals surface area contributed by atoms with Gasteiger partial charge in [0.1, 0.15) is 11.2 Å². The third-order valence-corrected chi connectivity index (χ3v) is 3.48. The van der Waals surface area contributed by atoms with Crippen LogP contribution in [0.2, 0.25) is 0 Å². The fourth-order valence-electron chi connectivity index (χ4n) is 1.51. The molecule has 70 valence electrons. The molecule has 3 heterocycles. The van der Waals surface area contributed by atoms with Crippen molar-refractivity contribution in [1.82, 2.24) is 25.0 Å². The zero-order valence-electron chi connectivity index (χ0n) is 7.72. The molecule has 0 fully saturated rings. The topological polar surface area (TPSA) is 56.0 Å². The van der Waals surface area contributed by atoms with Crippen molar-refractivity contribution in [1.29, 1.82) is 0 Å². The van der Waals surface area contributed by atoms with E-state index in [2.05, 4.69) is 34.4 Å². The van der Waals surface area contributed by atoms with E-state index in [-0.39, 0.29) is 0 Å². The lowest BCUT2D eigenvalue weighted by atomic mass is 10.2. The molecule has 3 aromatic heterocycles. The monoisotopic (exact) mass is 205 g/mol. The van der Waals surface area contributed by atoms with Gasteiger partial charge in [0.15, 0.2) is 5.65 Å². The van der Waals surface area contributed by atoms with Gasteiger partial charge in [-0.05, 0) is 29.8 Å². The van der Waals surface area contributed by atoms with Crippen molar-refractivity contribution >= 4 is 27.2 Å². The number of aromatic nitrogens is 5. The Morgan fingerprint density at radius 2 is 2.21 bits per heavy atom. The summed E-state index contributed by atoms with van der Waals surface area (Å²) in [5.41, 5.74) is 2.01. The van der Waals surface area contributed by atoms with E-state index in [1.54, 1.807) is 22.2 Å². The Kier molecular flexibility index (Phi) is 1.38. The first kappa shape index (κ1) is 7.81. The van der Waals surface area contributed by atoms with E-state index in [1.807, 2.05) is 0 Å². The highest BCUT2D eigenvalue weighted by Gasteiger charge is 2.11. The standard InChI is InChI=1S/C8H7N5S/c1-4-5(2)14-8-6(4)7-10-11-12-13(7)3-9-8/h3H,1-2H3. The third kappa shape index (κ3) is 0.832. The van der Waals surface area contributed by atoms with Crippen LogP contribution in [0.25, 0.3) is 15.9 Å². The van der Waals surface area contributed by atoms with Crippen LogP contribution in [0, 0.1) is 13.8 Å². The quantitative estimate of drug-likeness (QED) is 0.556. The van der Waals surface area contributed by atoms with Crippen LogP contribution in [0.5, 0.6) is 0 Å². The Morgan fingerprint density at radius 3 is 3.07 bits per heavy atom. The maximum absolute atomic E-state index is 4.30. The van der Waals surface area contributed by atoms with Crippen LogP contribution in [0.4, 0.5) is 0 Å². The zero-order valence-corrected chi connectivity index (χ0v) is 8.54. The van der Waals surface area contributed by atoms with E-state index in [0.29, 0.717) is 0 Å². The van der Waals surface area contributed by atoms with Gasteiger partial charge < -0.3 is 0 Å². The number of thiophene rings is 1. The SMILES string of the molecule is Cc1sc2ncn3nnnc3c2c1C. The van der Waals surface area contributed by atoms with E-state index in [1.165, 1.54) is 10.4 Å². The molecule has 0 saturated heterocycles. The second-order valence-corrected chi connectivity index (χ2v) is 4.36. The van der Waals surface area contributed by atoms with Crippen molar-refractivity contribution in [2.45, 2.75) is 13.8 Å². The van der Waals surface area contributed by atoms with Crippen LogP contribution in [-0.4, -0.2) is 25.0 Å². The first-order valence-electron chi connectivity index (χ1n) is 4.20. The van der Waals surface area contributed by atoms with E-state index in [0.717, 1.165) is 15.9 Å². The highest BCUT2D eigenvalue weighted by atomic mass is 32.1. The molecule has 0 spiro atoms. The van der Waals surface area contributed by atoms with Gasteiger partial charge in [0.05, 0.1) is 5.39 Å². The molecule has 0 aliphatic heterocycles. The molecule has 0 saturated carbocycles. The average molecular weight is 205 g/mol. The lowest BCUT2D eigenvalue weighted by Gasteiger charge is -1.92. The number of tetrazole rings is 1. The van der Waals surface area contributed by atoms with Gasteiger partial charge in [-0.3, -0.25) is 0 Å². The summed E-state index contributed by atoms with van der Waals surface area (Å²) in [7, 11) is 0. The Labute approximate surface area is 83.4 Å². The van der Waals surface area contributed by atoms with Crippen molar-refractivity contribution in [3.63, 3.8) is 0 Å². The van der Waals surface area contributed by atoms with E-state index in [9.17, 15) is 0 Å². The molecule has 0 radical (unpaired) electrons. The molecule has 0 aliphatic rings. The van der Waals surface area contributed by atoms with Crippen LogP contribution in [0.1, 0.15) is 10.4 Å². The minimum atomic E-state index is 0.789. The Balaban J connectivity index is 2.66. The fraction of sp³-hybridized carbons (Fsp3) is 0.250. The molecule has 0 atom stereocenters. The normalized spacial score (nSPS) is 11.6. The van der Waals surface area contributed by atoms with Crippen LogP contribution in [-0.2, 0) is 0 Å². The van der Waals surface area contributed by atoms with Crippen LogP contribution in [0.15, 0.2) is 6.33 Å². The molecule has 14 heavy (non-hydrogen) atoms. The second-order valence-electron chi connectivity index (χ2n) is 3.16. The summed E-state index contributed by atoms with van der Waals surface area (Å²) in [6.07, 6.45) is 1.65. The Hall–Kier alpha value is -1.56. The molecule has 0 unspecified atom stereocenters. The first-order valence-corrected chi connectivity index (χ1v) is 5.01. The van der Waals surface area contributed by atoms with Gasteiger partial charge in [0.2, 0.25) is 0 Å². The largest absolute Gasteiger partial charge is 0.225 e. The van der Waals surface area contributed by atoms with Gasteiger partial charge in [-0.1, -0.05) is 0 Å². The van der Waals surface area contributed by atoms with Crippen LogP contribution >= 0.6 is 11.3 Å².